The molecule has 0 radical (unpaired) electrons. The Bertz CT molecular complexity index is 403. The number of nitrogens with zero attached hydrogens (tertiary/aromatic N) is 1. The predicted molar refractivity (Wildman–Crippen MR) is 56.5 cm³/mol. The minimum atomic E-state index is 0.767. The first-order valence-electron chi connectivity index (χ1n) is 4.03. The Kier molecular flexibility index (Phi) is 2.19. The number of hydrogen-bond acceptors (Lipinski definition) is 1. The van der Waals surface area contributed by atoms with Crippen LogP contribution >= 0.6 is 15.9 Å². The Labute approximate surface area is 85.1 Å². The average Bonchev–Trinajstić information content (AvgIpc) is 2.53. The highest BCUT2D eigenvalue weighted by Gasteiger charge is 1.99. The largest absolute Gasteiger partial charge is 0.333 e. The van der Waals surface area contributed by atoms with E-state index in [1.54, 1.807) is 0 Å². The van der Waals surface area contributed by atoms with Gasteiger partial charge in [0, 0.05) is 0 Å². The van der Waals surface area contributed by atoms with Crippen molar-refractivity contribution in [1.82, 2.24) is 9.97 Å². The molecule has 1 aromatic heterocycles. The summed E-state index contributed by atoms with van der Waals surface area (Å²) in [7, 11) is 0. The van der Waals surface area contributed by atoms with Gasteiger partial charge in [-0.1, -0.05) is 29.8 Å². The number of rotatable bonds is 1. The molecule has 66 valence electrons. The molecule has 0 aliphatic rings. The second-order valence-electron chi connectivity index (χ2n) is 2.95. The van der Waals surface area contributed by atoms with Crippen LogP contribution in [0.3, 0.4) is 0 Å². The molecule has 0 bridgehead atoms. The molecule has 2 aromatic rings. The number of benzene rings is 1. The van der Waals surface area contributed by atoms with Crippen LogP contribution in [-0.2, 0) is 0 Å². The van der Waals surface area contributed by atoms with Crippen LogP contribution in [0.4, 0.5) is 0 Å². The first kappa shape index (κ1) is 8.51. The number of aryl methyl sites for hydroxylation is 1. The summed E-state index contributed by atoms with van der Waals surface area (Å²) < 4.78 is 0.767. The highest BCUT2D eigenvalue weighted by molar-refractivity contribution is 9.10. The maximum Gasteiger partial charge on any atom is 0.174 e. The molecule has 3 heteroatoms. The van der Waals surface area contributed by atoms with E-state index in [9.17, 15) is 0 Å². The molecule has 0 atom stereocenters. The van der Waals surface area contributed by atoms with Crippen molar-refractivity contribution in [2.24, 2.45) is 0 Å². The first-order valence-corrected chi connectivity index (χ1v) is 4.82. The van der Waals surface area contributed by atoms with Crippen LogP contribution < -0.4 is 0 Å². The standard InChI is InChI=1S/C10H9BrN2/c1-7-2-4-8(5-3-7)9-6-12-10(11)13-9/h2-6H,1H3,(H,12,13). The highest BCUT2D eigenvalue weighted by Crippen LogP contribution is 2.18. The molecule has 1 heterocycles. The van der Waals surface area contributed by atoms with Crippen molar-refractivity contribution in [2.75, 3.05) is 0 Å². The van der Waals surface area contributed by atoms with Gasteiger partial charge in [0.25, 0.3) is 0 Å². The van der Waals surface area contributed by atoms with Crippen molar-refractivity contribution >= 4 is 15.9 Å². The smallest absolute Gasteiger partial charge is 0.174 e. The van der Waals surface area contributed by atoms with E-state index in [2.05, 4.69) is 57.1 Å². The van der Waals surface area contributed by atoms with Crippen molar-refractivity contribution in [1.29, 1.82) is 0 Å². The van der Waals surface area contributed by atoms with Gasteiger partial charge in [-0.15, -0.1) is 0 Å². The lowest BCUT2D eigenvalue weighted by Crippen LogP contribution is -1.77. The molecule has 0 aliphatic carbocycles. The van der Waals surface area contributed by atoms with E-state index in [1.807, 2.05) is 6.20 Å². The molecule has 2 nitrogen and oxygen atoms in total. The number of halogens is 1. The van der Waals surface area contributed by atoms with Crippen molar-refractivity contribution in [3.8, 4) is 11.3 Å². The maximum atomic E-state index is 4.08. The summed E-state index contributed by atoms with van der Waals surface area (Å²) >= 11 is 3.28. The molecule has 0 saturated carbocycles. The zero-order valence-corrected chi connectivity index (χ0v) is 8.80. The number of imidazole rings is 1. The molecule has 0 aliphatic heterocycles. The van der Waals surface area contributed by atoms with E-state index in [-0.39, 0.29) is 0 Å². The van der Waals surface area contributed by atoms with Gasteiger partial charge in [0.05, 0.1) is 11.9 Å². The normalized spacial score (nSPS) is 10.3. The number of hydrogen-bond donors (Lipinski definition) is 1. The molecular weight excluding hydrogens is 228 g/mol. The monoisotopic (exact) mass is 236 g/mol. The Morgan fingerprint density at radius 3 is 2.46 bits per heavy atom. The third-order valence-corrected chi connectivity index (χ3v) is 2.31. The third kappa shape index (κ3) is 1.80. The Balaban J connectivity index is 2.41. The fraction of sp³-hybridized carbons (Fsp3) is 0.100. The average molecular weight is 237 g/mol. The molecule has 1 N–H and O–H groups in total. The summed E-state index contributed by atoms with van der Waals surface area (Å²) in [5, 5.41) is 0. The fourth-order valence-corrected chi connectivity index (χ4v) is 1.49. The van der Waals surface area contributed by atoms with Gasteiger partial charge in [-0.3, -0.25) is 0 Å². The molecule has 0 spiro atoms. The highest BCUT2D eigenvalue weighted by atomic mass is 79.9. The second-order valence-corrected chi connectivity index (χ2v) is 3.70. The van der Waals surface area contributed by atoms with Gasteiger partial charge in [0.2, 0.25) is 0 Å². The number of H-pyrrole nitrogens is 1. The zero-order chi connectivity index (χ0) is 9.26. The molecule has 0 amide bonds. The van der Waals surface area contributed by atoms with Gasteiger partial charge in [0.15, 0.2) is 4.73 Å². The Morgan fingerprint density at radius 2 is 1.92 bits per heavy atom. The number of nitrogens with one attached hydrogen (secondary N) is 1. The molecule has 0 saturated heterocycles. The molecule has 1 aromatic carbocycles. The van der Waals surface area contributed by atoms with Gasteiger partial charge in [-0.2, -0.15) is 0 Å². The van der Waals surface area contributed by atoms with Crippen molar-refractivity contribution in [2.45, 2.75) is 6.92 Å². The lowest BCUT2D eigenvalue weighted by atomic mass is 10.1. The van der Waals surface area contributed by atoms with Crippen LogP contribution in [0.5, 0.6) is 0 Å². The van der Waals surface area contributed by atoms with E-state index in [4.69, 9.17) is 0 Å². The zero-order valence-electron chi connectivity index (χ0n) is 7.21. The summed E-state index contributed by atoms with van der Waals surface area (Å²) in [6, 6.07) is 8.33. The fourth-order valence-electron chi connectivity index (χ4n) is 1.18. The van der Waals surface area contributed by atoms with Crippen LogP contribution in [0.15, 0.2) is 35.2 Å². The van der Waals surface area contributed by atoms with E-state index in [0.29, 0.717) is 0 Å². The molecular formula is C10H9BrN2. The van der Waals surface area contributed by atoms with Crippen molar-refractivity contribution in [3.05, 3.63) is 40.8 Å². The summed E-state index contributed by atoms with van der Waals surface area (Å²) in [4.78, 5) is 7.19. The van der Waals surface area contributed by atoms with Gasteiger partial charge < -0.3 is 4.98 Å². The van der Waals surface area contributed by atoms with Crippen LogP contribution in [0, 0.1) is 6.92 Å². The molecule has 0 fully saturated rings. The van der Waals surface area contributed by atoms with E-state index < -0.39 is 0 Å². The number of aromatic nitrogens is 2. The molecule has 13 heavy (non-hydrogen) atoms. The maximum absolute atomic E-state index is 4.08. The van der Waals surface area contributed by atoms with E-state index >= 15 is 0 Å². The SMILES string of the molecule is Cc1ccc(-c2cnc(Br)[nH]2)cc1. The number of aromatic amines is 1. The minimum Gasteiger partial charge on any atom is -0.333 e. The van der Waals surface area contributed by atoms with Crippen molar-refractivity contribution < 1.29 is 0 Å². The third-order valence-electron chi connectivity index (χ3n) is 1.91. The van der Waals surface area contributed by atoms with Gasteiger partial charge in [0.1, 0.15) is 0 Å². The van der Waals surface area contributed by atoms with Gasteiger partial charge in [-0.25, -0.2) is 4.98 Å². The lowest BCUT2D eigenvalue weighted by Gasteiger charge is -1.96. The summed E-state index contributed by atoms with van der Waals surface area (Å²) in [5.74, 6) is 0. The first-order chi connectivity index (χ1) is 6.25. The Morgan fingerprint density at radius 1 is 1.23 bits per heavy atom. The van der Waals surface area contributed by atoms with E-state index in [0.717, 1.165) is 16.0 Å². The van der Waals surface area contributed by atoms with Crippen molar-refractivity contribution in [3.63, 3.8) is 0 Å². The molecule has 0 unspecified atom stereocenters. The van der Waals surface area contributed by atoms with Crippen LogP contribution in [0.25, 0.3) is 11.3 Å². The van der Waals surface area contributed by atoms with E-state index in [1.165, 1.54) is 5.56 Å². The summed E-state index contributed by atoms with van der Waals surface area (Å²) in [6.45, 7) is 2.08. The minimum absolute atomic E-state index is 0.767. The van der Waals surface area contributed by atoms with Crippen LogP contribution in [0.2, 0.25) is 0 Å². The molecule has 2 rings (SSSR count). The van der Waals surface area contributed by atoms with Gasteiger partial charge >= 0.3 is 0 Å². The van der Waals surface area contributed by atoms with Crippen LogP contribution in [0.1, 0.15) is 5.56 Å². The predicted octanol–water partition coefficient (Wildman–Crippen LogP) is 3.15. The van der Waals surface area contributed by atoms with Crippen LogP contribution in [-0.4, -0.2) is 9.97 Å². The topological polar surface area (TPSA) is 28.7 Å². The second kappa shape index (κ2) is 3.34. The quantitative estimate of drug-likeness (QED) is 0.810. The Hall–Kier alpha value is -1.09. The van der Waals surface area contributed by atoms with Gasteiger partial charge in [-0.05, 0) is 28.4 Å². The lowest BCUT2D eigenvalue weighted by molar-refractivity contribution is 1.24. The summed E-state index contributed by atoms with van der Waals surface area (Å²) in [6.07, 6.45) is 1.81. The summed E-state index contributed by atoms with van der Waals surface area (Å²) in [5.41, 5.74) is 3.46.